The van der Waals surface area contributed by atoms with E-state index in [4.69, 9.17) is 5.11 Å². The quantitative estimate of drug-likeness (QED) is 0.895. The molecule has 0 radical (unpaired) electrons. The summed E-state index contributed by atoms with van der Waals surface area (Å²) in [5.41, 5.74) is -1.47. The number of methoxy groups -OCH3 is 2. The summed E-state index contributed by atoms with van der Waals surface area (Å²) in [6.07, 6.45) is -4.69. The summed E-state index contributed by atoms with van der Waals surface area (Å²) < 4.78 is 47.2. The van der Waals surface area contributed by atoms with E-state index in [1.165, 1.54) is 0 Å². The van der Waals surface area contributed by atoms with Gasteiger partial charge >= 0.3 is 12.1 Å². The van der Waals surface area contributed by atoms with Crippen molar-refractivity contribution in [2.75, 3.05) is 14.2 Å². The van der Waals surface area contributed by atoms with E-state index in [1.54, 1.807) is 0 Å². The molecule has 1 aromatic rings. The number of carboxylic acid groups (broad SMARTS) is 1. The van der Waals surface area contributed by atoms with Crippen molar-refractivity contribution in [3.63, 3.8) is 0 Å². The highest BCUT2D eigenvalue weighted by molar-refractivity contribution is 5.89. The number of carbonyl (C=O) groups is 1. The molecule has 94 valence electrons. The number of benzene rings is 1. The lowest BCUT2D eigenvalue weighted by Crippen LogP contribution is -2.11. The van der Waals surface area contributed by atoms with Gasteiger partial charge in [-0.25, -0.2) is 4.79 Å². The molecule has 0 amide bonds. The molecule has 1 rings (SSSR count). The minimum Gasteiger partial charge on any atom is -0.496 e. The van der Waals surface area contributed by atoms with Crippen LogP contribution < -0.4 is 9.47 Å². The van der Waals surface area contributed by atoms with E-state index in [1.807, 2.05) is 0 Å². The van der Waals surface area contributed by atoms with Crippen LogP contribution in [0.15, 0.2) is 12.1 Å². The Labute approximate surface area is 94.6 Å². The first-order valence-electron chi connectivity index (χ1n) is 4.37. The molecule has 7 heteroatoms. The second-order valence-corrected chi connectivity index (χ2v) is 3.06. The standard InChI is InChI=1S/C10H9F3O4/c1-16-6-3-5(9(14)15)4-7(17-2)8(6)10(11,12)13/h3-4H,1-2H3,(H,14,15). The van der Waals surface area contributed by atoms with E-state index in [2.05, 4.69) is 9.47 Å². The van der Waals surface area contributed by atoms with Gasteiger partial charge < -0.3 is 14.6 Å². The van der Waals surface area contributed by atoms with Gasteiger partial charge in [-0.1, -0.05) is 0 Å². The van der Waals surface area contributed by atoms with Crippen molar-refractivity contribution in [3.05, 3.63) is 23.3 Å². The minimum atomic E-state index is -4.69. The van der Waals surface area contributed by atoms with Crippen molar-refractivity contribution < 1.29 is 32.5 Å². The molecule has 0 saturated carbocycles. The van der Waals surface area contributed by atoms with Crippen LogP contribution in [0.5, 0.6) is 11.5 Å². The van der Waals surface area contributed by atoms with Gasteiger partial charge in [0.1, 0.15) is 17.1 Å². The maximum absolute atomic E-state index is 12.7. The molecule has 0 fully saturated rings. The summed E-state index contributed by atoms with van der Waals surface area (Å²) in [7, 11) is 2.05. The average Bonchev–Trinajstić information content (AvgIpc) is 2.25. The Balaban J connectivity index is 3.53. The Morgan fingerprint density at radius 3 is 1.82 bits per heavy atom. The second kappa shape index (κ2) is 4.52. The first-order valence-corrected chi connectivity index (χ1v) is 4.37. The maximum atomic E-state index is 12.7. The predicted octanol–water partition coefficient (Wildman–Crippen LogP) is 2.42. The average molecular weight is 250 g/mol. The summed E-state index contributed by atoms with van der Waals surface area (Å²) in [6.45, 7) is 0. The Bertz CT molecular complexity index is 415. The summed E-state index contributed by atoms with van der Waals surface area (Å²) in [4.78, 5) is 10.7. The Hall–Kier alpha value is -1.92. The van der Waals surface area contributed by atoms with Crippen LogP contribution >= 0.6 is 0 Å². The third kappa shape index (κ3) is 2.61. The molecular weight excluding hydrogens is 241 g/mol. The number of ether oxygens (including phenoxy) is 2. The van der Waals surface area contributed by atoms with Gasteiger partial charge in [-0.15, -0.1) is 0 Å². The molecule has 0 atom stereocenters. The van der Waals surface area contributed by atoms with E-state index < -0.39 is 29.2 Å². The van der Waals surface area contributed by atoms with Gasteiger partial charge in [-0.3, -0.25) is 0 Å². The van der Waals surface area contributed by atoms with E-state index in [9.17, 15) is 18.0 Å². The Morgan fingerprint density at radius 1 is 1.18 bits per heavy atom. The number of hydrogen-bond donors (Lipinski definition) is 1. The SMILES string of the molecule is COc1cc(C(=O)O)cc(OC)c1C(F)(F)F. The Kier molecular flexibility index (Phi) is 3.50. The first-order chi connectivity index (χ1) is 7.81. The smallest absolute Gasteiger partial charge is 0.423 e. The molecular formula is C10H9F3O4. The van der Waals surface area contributed by atoms with Crippen molar-refractivity contribution >= 4 is 5.97 Å². The highest BCUT2D eigenvalue weighted by atomic mass is 19.4. The maximum Gasteiger partial charge on any atom is 0.423 e. The molecule has 0 aliphatic heterocycles. The lowest BCUT2D eigenvalue weighted by atomic mass is 10.1. The number of aromatic carboxylic acids is 1. The molecule has 0 aromatic heterocycles. The predicted molar refractivity (Wildman–Crippen MR) is 51.5 cm³/mol. The lowest BCUT2D eigenvalue weighted by Gasteiger charge is -2.16. The highest BCUT2D eigenvalue weighted by Gasteiger charge is 2.38. The van der Waals surface area contributed by atoms with Crippen LogP contribution in [-0.2, 0) is 6.18 Å². The number of hydrogen-bond acceptors (Lipinski definition) is 3. The largest absolute Gasteiger partial charge is 0.496 e. The number of alkyl halides is 3. The van der Waals surface area contributed by atoms with Gasteiger partial charge in [-0.2, -0.15) is 13.2 Å². The topological polar surface area (TPSA) is 55.8 Å². The molecule has 1 N–H and O–H groups in total. The molecule has 0 unspecified atom stereocenters. The third-order valence-electron chi connectivity index (χ3n) is 2.04. The Morgan fingerprint density at radius 2 is 1.59 bits per heavy atom. The fourth-order valence-corrected chi connectivity index (χ4v) is 1.31. The normalized spacial score (nSPS) is 11.1. The molecule has 1 aromatic carbocycles. The van der Waals surface area contributed by atoms with Gasteiger partial charge in [0.2, 0.25) is 0 Å². The van der Waals surface area contributed by atoms with Gasteiger partial charge in [0.05, 0.1) is 19.8 Å². The minimum absolute atomic E-state index is 0.341. The fraction of sp³-hybridized carbons (Fsp3) is 0.300. The van der Waals surface area contributed by atoms with E-state index in [0.717, 1.165) is 26.4 Å². The summed E-state index contributed by atoms with van der Waals surface area (Å²) >= 11 is 0. The van der Waals surface area contributed by atoms with Crippen LogP contribution in [0.1, 0.15) is 15.9 Å². The molecule has 4 nitrogen and oxygen atoms in total. The summed E-state index contributed by atoms with van der Waals surface area (Å²) in [5, 5.41) is 8.73. The lowest BCUT2D eigenvalue weighted by molar-refractivity contribution is -0.140. The van der Waals surface area contributed by atoms with E-state index >= 15 is 0 Å². The molecule has 0 aliphatic carbocycles. The zero-order valence-electron chi connectivity index (χ0n) is 8.96. The van der Waals surface area contributed by atoms with Crippen LogP contribution in [0.3, 0.4) is 0 Å². The summed E-state index contributed by atoms with van der Waals surface area (Å²) in [6, 6.07) is 1.60. The molecule has 0 heterocycles. The number of carboxylic acids is 1. The van der Waals surface area contributed by atoms with Crippen molar-refractivity contribution in [2.24, 2.45) is 0 Å². The van der Waals surface area contributed by atoms with Crippen LogP contribution in [0, 0.1) is 0 Å². The molecule has 17 heavy (non-hydrogen) atoms. The number of halogens is 3. The van der Waals surface area contributed by atoms with E-state index in [0.29, 0.717) is 0 Å². The van der Waals surface area contributed by atoms with Crippen LogP contribution in [0.25, 0.3) is 0 Å². The molecule has 0 spiro atoms. The summed E-state index contributed by atoms with van der Waals surface area (Å²) in [5.74, 6) is -2.54. The van der Waals surface area contributed by atoms with Crippen LogP contribution in [-0.4, -0.2) is 25.3 Å². The van der Waals surface area contributed by atoms with Crippen molar-refractivity contribution in [2.45, 2.75) is 6.18 Å². The highest BCUT2D eigenvalue weighted by Crippen LogP contribution is 2.43. The fourth-order valence-electron chi connectivity index (χ4n) is 1.31. The zero-order chi connectivity index (χ0) is 13.2. The van der Waals surface area contributed by atoms with Gasteiger partial charge in [0.15, 0.2) is 0 Å². The van der Waals surface area contributed by atoms with Crippen molar-refractivity contribution in [3.8, 4) is 11.5 Å². The number of rotatable bonds is 3. The van der Waals surface area contributed by atoms with Crippen molar-refractivity contribution in [1.29, 1.82) is 0 Å². The van der Waals surface area contributed by atoms with Gasteiger partial charge in [0.25, 0.3) is 0 Å². The van der Waals surface area contributed by atoms with Crippen molar-refractivity contribution in [1.82, 2.24) is 0 Å². The molecule has 0 bridgehead atoms. The molecule has 0 saturated heterocycles. The van der Waals surface area contributed by atoms with E-state index in [-0.39, 0.29) is 5.56 Å². The monoisotopic (exact) mass is 250 g/mol. The second-order valence-electron chi connectivity index (χ2n) is 3.06. The first kappa shape index (κ1) is 13.1. The van der Waals surface area contributed by atoms with Gasteiger partial charge in [-0.05, 0) is 12.1 Å². The third-order valence-corrected chi connectivity index (χ3v) is 2.04. The molecule has 0 aliphatic rings. The van der Waals surface area contributed by atoms with Crippen LogP contribution in [0.2, 0.25) is 0 Å². The van der Waals surface area contributed by atoms with Gasteiger partial charge in [0, 0.05) is 0 Å². The van der Waals surface area contributed by atoms with Crippen LogP contribution in [0.4, 0.5) is 13.2 Å². The zero-order valence-corrected chi connectivity index (χ0v) is 8.96.